The van der Waals surface area contributed by atoms with E-state index in [4.69, 9.17) is 4.74 Å². The SMILES string of the molecule is COc1cccc(C(=O)N[C@H]2C[C@@H](O)CN(Cc3ccc4cc[nH]c4c3)C2)c1. The third-order valence-electron chi connectivity index (χ3n) is 5.20. The summed E-state index contributed by atoms with van der Waals surface area (Å²) in [7, 11) is 1.58. The summed E-state index contributed by atoms with van der Waals surface area (Å²) < 4.78 is 5.19. The molecule has 146 valence electrons. The summed E-state index contributed by atoms with van der Waals surface area (Å²) in [6.45, 7) is 2.04. The molecule has 28 heavy (non-hydrogen) atoms. The van der Waals surface area contributed by atoms with Crippen LogP contribution >= 0.6 is 0 Å². The van der Waals surface area contributed by atoms with Crippen molar-refractivity contribution in [3.8, 4) is 5.75 Å². The number of fused-ring (bicyclic) bond motifs is 1. The Balaban J connectivity index is 1.41. The van der Waals surface area contributed by atoms with Crippen molar-refractivity contribution in [2.24, 2.45) is 0 Å². The first-order chi connectivity index (χ1) is 13.6. The molecule has 1 saturated heterocycles. The van der Waals surface area contributed by atoms with Crippen molar-refractivity contribution in [1.29, 1.82) is 0 Å². The minimum absolute atomic E-state index is 0.100. The van der Waals surface area contributed by atoms with E-state index in [0.717, 1.165) is 12.1 Å². The summed E-state index contributed by atoms with van der Waals surface area (Å²) in [5.74, 6) is 0.503. The van der Waals surface area contributed by atoms with Crippen molar-refractivity contribution in [3.05, 3.63) is 65.9 Å². The highest BCUT2D eigenvalue weighted by Gasteiger charge is 2.27. The molecule has 1 aliphatic rings. The molecule has 1 aliphatic heterocycles. The average molecular weight is 379 g/mol. The van der Waals surface area contributed by atoms with Crippen molar-refractivity contribution in [2.45, 2.75) is 25.1 Å². The van der Waals surface area contributed by atoms with Gasteiger partial charge in [-0.1, -0.05) is 18.2 Å². The van der Waals surface area contributed by atoms with E-state index in [-0.39, 0.29) is 11.9 Å². The number of amides is 1. The van der Waals surface area contributed by atoms with Crippen LogP contribution in [0.1, 0.15) is 22.3 Å². The van der Waals surface area contributed by atoms with Crippen LogP contribution in [-0.4, -0.2) is 53.2 Å². The molecule has 2 heterocycles. The van der Waals surface area contributed by atoms with Gasteiger partial charge in [0.25, 0.3) is 5.91 Å². The number of piperidine rings is 1. The number of aromatic nitrogens is 1. The van der Waals surface area contributed by atoms with Crippen molar-refractivity contribution in [3.63, 3.8) is 0 Å². The molecule has 0 spiro atoms. The fraction of sp³-hybridized carbons (Fsp3) is 0.318. The topological polar surface area (TPSA) is 77.6 Å². The average Bonchev–Trinajstić information content (AvgIpc) is 3.15. The van der Waals surface area contributed by atoms with Crippen LogP contribution in [0.4, 0.5) is 0 Å². The van der Waals surface area contributed by atoms with E-state index >= 15 is 0 Å². The standard InChI is InChI=1S/C22H25N3O3/c1-28-20-4-2-3-17(10-20)22(27)24-18-11-19(26)14-25(13-18)12-15-5-6-16-7-8-23-21(16)9-15/h2-10,18-19,23,26H,11-14H2,1H3,(H,24,27)/t18-,19+/m0/s1. The second-order valence-electron chi connectivity index (χ2n) is 7.39. The molecule has 0 bridgehead atoms. The van der Waals surface area contributed by atoms with Crippen LogP contribution in [0, 0.1) is 0 Å². The molecular formula is C22H25N3O3. The van der Waals surface area contributed by atoms with Gasteiger partial charge in [-0.05, 0) is 47.7 Å². The van der Waals surface area contributed by atoms with Crippen LogP contribution in [-0.2, 0) is 6.54 Å². The molecule has 1 amide bonds. The van der Waals surface area contributed by atoms with Gasteiger partial charge < -0.3 is 20.1 Å². The predicted molar refractivity (Wildman–Crippen MR) is 108 cm³/mol. The molecule has 0 unspecified atom stereocenters. The molecule has 6 nitrogen and oxygen atoms in total. The Bertz CT molecular complexity index is 968. The molecule has 0 radical (unpaired) electrons. The second-order valence-corrected chi connectivity index (χ2v) is 7.39. The van der Waals surface area contributed by atoms with Crippen molar-refractivity contribution < 1.29 is 14.6 Å². The number of hydrogen-bond donors (Lipinski definition) is 3. The Morgan fingerprint density at radius 1 is 1.25 bits per heavy atom. The molecule has 2 atom stereocenters. The molecule has 4 rings (SSSR count). The molecule has 1 fully saturated rings. The van der Waals surface area contributed by atoms with E-state index in [9.17, 15) is 9.90 Å². The Kier molecular flexibility index (Phi) is 5.32. The highest BCUT2D eigenvalue weighted by atomic mass is 16.5. The van der Waals surface area contributed by atoms with Gasteiger partial charge >= 0.3 is 0 Å². The lowest BCUT2D eigenvalue weighted by Crippen LogP contribution is -2.52. The summed E-state index contributed by atoms with van der Waals surface area (Å²) in [4.78, 5) is 18.0. The highest BCUT2D eigenvalue weighted by Crippen LogP contribution is 2.19. The third kappa shape index (κ3) is 4.18. The molecule has 3 N–H and O–H groups in total. The number of aliphatic hydroxyl groups excluding tert-OH is 1. The second kappa shape index (κ2) is 8.04. The maximum Gasteiger partial charge on any atom is 0.251 e. The van der Waals surface area contributed by atoms with Gasteiger partial charge in [0.2, 0.25) is 0 Å². The number of likely N-dealkylation sites (tertiary alicyclic amines) is 1. The first-order valence-electron chi connectivity index (χ1n) is 9.52. The lowest BCUT2D eigenvalue weighted by Gasteiger charge is -2.36. The maximum atomic E-state index is 12.6. The van der Waals surface area contributed by atoms with E-state index in [1.54, 1.807) is 25.3 Å². The fourth-order valence-electron chi connectivity index (χ4n) is 3.88. The Morgan fingerprint density at radius 3 is 3.00 bits per heavy atom. The number of methoxy groups -OCH3 is 1. The summed E-state index contributed by atoms with van der Waals surface area (Å²) in [6, 6.07) is 15.4. The van der Waals surface area contributed by atoms with Crippen LogP contribution in [0.5, 0.6) is 5.75 Å². The number of aliphatic hydroxyl groups is 1. The van der Waals surface area contributed by atoms with Crippen molar-refractivity contribution in [1.82, 2.24) is 15.2 Å². The molecule has 1 aromatic heterocycles. The van der Waals surface area contributed by atoms with Crippen molar-refractivity contribution in [2.75, 3.05) is 20.2 Å². The Labute approximate surface area is 164 Å². The first-order valence-corrected chi connectivity index (χ1v) is 9.52. The van der Waals surface area contributed by atoms with E-state index < -0.39 is 6.10 Å². The lowest BCUT2D eigenvalue weighted by atomic mass is 10.0. The zero-order chi connectivity index (χ0) is 19.5. The van der Waals surface area contributed by atoms with Gasteiger partial charge in [0, 0.05) is 43.0 Å². The van der Waals surface area contributed by atoms with E-state index in [2.05, 4.69) is 33.4 Å². The number of ether oxygens (including phenoxy) is 1. The highest BCUT2D eigenvalue weighted by molar-refractivity contribution is 5.94. The Morgan fingerprint density at radius 2 is 2.14 bits per heavy atom. The number of benzene rings is 2. The summed E-state index contributed by atoms with van der Waals surface area (Å²) in [6.07, 6.45) is 2.03. The predicted octanol–water partition coefficient (Wildman–Crippen LogP) is 2.54. The van der Waals surface area contributed by atoms with Crippen LogP contribution in [0.15, 0.2) is 54.7 Å². The van der Waals surface area contributed by atoms with Crippen LogP contribution in [0.2, 0.25) is 0 Å². The van der Waals surface area contributed by atoms with E-state index in [1.165, 1.54) is 10.9 Å². The molecule has 0 saturated carbocycles. The molecule has 0 aliphatic carbocycles. The smallest absolute Gasteiger partial charge is 0.251 e. The van der Waals surface area contributed by atoms with Gasteiger partial charge in [-0.2, -0.15) is 0 Å². The number of nitrogens with one attached hydrogen (secondary N) is 2. The number of β-amino-alcohol motifs (C(OH)–C–C–N with tert-alkyl or cyclic N) is 1. The van der Waals surface area contributed by atoms with Crippen LogP contribution in [0.25, 0.3) is 10.9 Å². The first kappa shape index (κ1) is 18.5. The monoisotopic (exact) mass is 379 g/mol. The number of H-pyrrole nitrogens is 1. The van der Waals surface area contributed by atoms with Gasteiger partial charge in [0.1, 0.15) is 5.75 Å². The normalized spacial score (nSPS) is 20.2. The van der Waals surface area contributed by atoms with Gasteiger partial charge in [0.15, 0.2) is 0 Å². The minimum Gasteiger partial charge on any atom is -0.497 e. The van der Waals surface area contributed by atoms with Gasteiger partial charge in [-0.3, -0.25) is 9.69 Å². The zero-order valence-corrected chi connectivity index (χ0v) is 15.9. The summed E-state index contributed by atoms with van der Waals surface area (Å²) in [5.41, 5.74) is 2.85. The number of carbonyl (C=O) groups excluding carboxylic acids is 1. The number of hydrogen-bond acceptors (Lipinski definition) is 4. The van der Waals surface area contributed by atoms with Gasteiger partial charge in [0.05, 0.1) is 13.2 Å². The Hall–Kier alpha value is -2.83. The lowest BCUT2D eigenvalue weighted by molar-refractivity contribution is 0.0459. The van der Waals surface area contributed by atoms with Gasteiger partial charge in [-0.25, -0.2) is 0 Å². The third-order valence-corrected chi connectivity index (χ3v) is 5.20. The van der Waals surface area contributed by atoms with Crippen LogP contribution < -0.4 is 10.1 Å². The molecule has 3 aromatic rings. The van der Waals surface area contributed by atoms with E-state index in [0.29, 0.717) is 30.8 Å². The molecular weight excluding hydrogens is 354 g/mol. The zero-order valence-electron chi connectivity index (χ0n) is 15.9. The van der Waals surface area contributed by atoms with Crippen LogP contribution in [0.3, 0.4) is 0 Å². The quantitative estimate of drug-likeness (QED) is 0.637. The summed E-state index contributed by atoms with van der Waals surface area (Å²) >= 11 is 0. The molecule has 2 aromatic carbocycles. The largest absolute Gasteiger partial charge is 0.497 e. The minimum atomic E-state index is -0.460. The number of aromatic amines is 1. The van der Waals surface area contributed by atoms with Gasteiger partial charge in [-0.15, -0.1) is 0 Å². The fourth-order valence-corrected chi connectivity index (χ4v) is 3.88. The number of carbonyl (C=O) groups is 1. The summed E-state index contributed by atoms with van der Waals surface area (Å²) in [5, 5.41) is 14.6. The molecule has 6 heteroatoms. The van der Waals surface area contributed by atoms with Crippen molar-refractivity contribution >= 4 is 16.8 Å². The maximum absolute atomic E-state index is 12.6. The van der Waals surface area contributed by atoms with E-state index in [1.807, 2.05) is 18.3 Å². The number of rotatable bonds is 5. The number of nitrogens with zero attached hydrogens (tertiary/aromatic N) is 1.